The molecular formula is C27H34BBrO2S. The second-order valence-electron chi connectivity index (χ2n) is 9.43. The van der Waals surface area contributed by atoms with Crippen LogP contribution >= 0.6 is 26.0 Å². The third kappa shape index (κ3) is 6.89. The average molecular weight is 513 g/mol. The zero-order valence-corrected chi connectivity index (χ0v) is 22.7. The SMILES string of the molecule is C=Cc1ccc(B2OC(C)(C)C(C)(C)O2)cc1C=C.CS(C)(C)C#Cc1ccccc1Br. The average Bonchev–Trinajstić information content (AvgIpc) is 2.94. The molecule has 0 atom stereocenters. The molecular weight excluding hydrogens is 479 g/mol. The van der Waals surface area contributed by atoms with Crippen molar-refractivity contribution in [2.45, 2.75) is 38.9 Å². The third-order valence-corrected chi connectivity index (χ3v) is 6.85. The maximum Gasteiger partial charge on any atom is 0.494 e. The summed E-state index contributed by atoms with van der Waals surface area (Å²) >= 11 is 3.47. The van der Waals surface area contributed by atoms with Gasteiger partial charge in [0.2, 0.25) is 0 Å². The molecule has 0 saturated carbocycles. The van der Waals surface area contributed by atoms with Crippen LogP contribution in [0.2, 0.25) is 0 Å². The van der Waals surface area contributed by atoms with Gasteiger partial charge in [0.15, 0.2) is 0 Å². The fraction of sp³-hybridized carbons (Fsp3) is 0.333. The Labute approximate surface area is 205 Å². The van der Waals surface area contributed by atoms with Crippen LogP contribution in [0.4, 0.5) is 0 Å². The van der Waals surface area contributed by atoms with E-state index in [0.29, 0.717) is 0 Å². The summed E-state index contributed by atoms with van der Waals surface area (Å²) < 4.78 is 13.2. The fourth-order valence-corrected chi connectivity index (χ4v) is 3.65. The Kier molecular flexibility index (Phi) is 8.70. The van der Waals surface area contributed by atoms with Gasteiger partial charge in [-0.2, -0.15) is 10.0 Å². The minimum Gasteiger partial charge on any atom is -0.399 e. The molecule has 2 aromatic rings. The first-order chi connectivity index (χ1) is 14.8. The third-order valence-electron chi connectivity index (χ3n) is 5.44. The smallest absolute Gasteiger partial charge is 0.399 e. The lowest BCUT2D eigenvalue weighted by atomic mass is 9.77. The molecule has 0 unspecified atom stereocenters. The van der Waals surface area contributed by atoms with Crippen LogP contribution in [0, 0.1) is 11.2 Å². The quantitative estimate of drug-likeness (QED) is 0.335. The van der Waals surface area contributed by atoms with E-state index < -0.39 is 10.0 Å². The monoisotopic (exact) mass is 512 g/mol. The molecule has 2 aromatic carbocycles. The van der Waals surface area contributed by atoms with Gasteiger partial charge in [0.25, 0.3) is 0 Å². The molecule has 0 N–H and O–H groups in total. The number of halogens is 1. The summed E-state index contributed by atoms with van der Waals surface area (Å²) in [5.41, 5.74) is 3.56. The van der Waals surface area contributed by atoms with Crippen LogP contribution in [0.3, 0.4) is 0 Å². The highest BCUT2D eigenvalue weighted by Crippen LogP contribution is 2.36. The van der Waals surface area contributed by atoms with Gasteiger partial charge < -0.3 is 9.31 Å². The van der Waals surface area contributed by atoms with Crippen molar-refractivity contribution in [2.75, 3.05) is 18.8 Å². The summed E-state index contributed by atoms with van der Waals surface area (Å²) in [6.45, 7) is 15.9. The van der Waals surface area contributed by atoms with Crippen molar-refractivity contribution in [1.29, 1.82) is 0 Å². The van der Waals surface area contributed by atoms with Crippen LogP contribution in [0.5, 0.6) is 0 Å². The molecule has 5 heteroatoms. The second kappa shape index (κ2) is 10.5. The zero-order chi connectivity index (χ0) is 24.2. The van der Waals surface area contributed by atoms with E-state index in [2.05, 4.69) is 86.7 Å². The molecule has 32 heavy (non-hydrogen) atoms. The molecule has 1 aliphatic rings. The number of hydrogen-bond acceptors (Lipinski definition) is 2. The van der Waals surface area contributed by atoms with E-state index in [9.17, 15) is 0 Å². The van der Waals surface area contributed by atoms with Gasteiger partial charge in [-0.05, 0) is 96.4 Å². The molecule has 2 nitrogen and oxygen atoms in total. The standard InChI is InChI=1S/C16H21BO2.C11H13BrS/c1-7-12-9-10-14(11-13(12)8-2)17-18-15(3,4)16(5,6)19-17;1-13(2,3)9-8-10-6-4-5-7-11(10)12/h7-11H,1-2H2,3-6H3;4-7H,1-3H3. The predicted octanol–water partition coefficient (Wildman–Crippen LogP) is 6.72. The van der Waals surface area contributed by atoms with Gasteiger partial charge in [0.1, 0.15) is 0 Å². The van der Waals surface area contributed by atoms with Gasteiger partial charge in [-0.1, -0.05) is 61.6 Å². The Hall–Kier alpha value is -1.71. The topological polar surface area (TPSA) is 18.5 Å². The molecule has 3 rings (SSSR count). The van der Waals surface area contributed by atoms with Gasteiger partial charge >= 0.3 is 7.12 Å². The van der Waals surface area contributed by atoms with Crippen molar-refractivity contribution in [2.24, 2.45) is 0 Å². The van der Waals surface area contributed by atoms with Crippen LogP contribution in [0.25, 0.3) is 12.2 Å². The summed E-state index contributed by atoms with van der Waals surface area (Å²) in [7, 11) is -1.05. The van der Waals surface area contributed by atoms with Crippen molar-refractivity contribution in [1.82, 2.24) is 0 Å². The molecule has 0 spiro atoms. The first kappa shape index (κ1) is 26.5. The maximum atomic E-state index is 6.04. The van der Waals surface area contributed by atoms with Crippen LogP contribution in [-0.4, -0.2) is 37.1 Å². The Morgan fingerprint density at radius 1 is 0.906 bits per heavy atom. The first-order valence-electron chi connectivity index (χ1n) is 10.5. The minimum absolute atomic E-state index is 0.316. The van der Waals surface area contributed by atoms with Gasteiger partial charge in [-0.25, -0.2) is 0 Å². The fourth-order valence-electron chi connectivity index (χ4n) is 2.85. The Balaban J connectivity index is 0.000000244. The van der Waals surface area contributed by atoms with Crippen molar-refractivity contribution in [3.8, 4) is 11.2 Å². The Morgan fingerprint density at radius 2 is 1.47 bits per heavy atom. The predicted molar refractivity (Wildman–Crippen MR) is 149 cm³/mol. The second-order valence-corrected chi connectivity index (χ2v) is 14.2. The molecule has 1 fully saturated rings. The van der Waals surface area contributed by atoms with Crippen LogP contribution in [-0.2, 0) is 9.31 Å². The van der Waals surface area contributed by atoms with Crippen molar-refractivity contribution < 1.29 is 9.31 Å². The molecule has 1 saturated heterocycles. The molecule has 0 amide bonds. The molecule has 1 aliphatic heterocycles. The molecule has 0 aromatic heterocycles. The van der Waals surface area contributed by atoms with Gasteiger partial charge in [-0.3, -0.25) is 0 Å². The summed E-state index contributed by atoms with van der Waals surface area (Å²) in [5, 5.41) is 3.28. The highest BCUT2D eigenvalue weighted by atomic mass is 79.9. The minimum atomic E-state index is -0.721. The number of rotatable bonds is 3. The number of hydrogen-bond donors (Lipinski definition) is 0. The molecule has 0 radical (unpaired) electrons. The summed E-state index contributed by atoms with van der Waals surface area (Å²) in [5.74, 6) is 3.19. The van der Waals surface area contributed by atoms with E-state index in [0.717, 1.165) is 26.6 Å². The summed E-state index contributed by atoms with van der Waals surface area (Å²) in [6.07, 6.45) is 10.2. The molecule has 170 valence electrons. The lowest BCUT2D eigenvalue weighted by Crippen LogP contribution is -2.41. The summed E-state index contributed by atoms with van der Waals surface area (Å²) in [6, 6.07) is 14.1. The van der Waals surface area contributed by atoms with Crippen molar-refractivity contribution in [3.05, 3.63) is 76.8 Å². The first-order valence-corrected chi connectivity index (χ1v) is 14.1. The van der Waals surface area contributed by atoms with E-state index >= 15 is 0 Å². The van der Waals surface area contributed by atoms with Crippen LogP contribution in [0.1, 0.15) is 44.4 Å². The molecule has 0 aliphatic carbocycles. The van der Waals surface area contributed by atoms with E-state index in [1.807, 2.05) is 54.6 Å². The lowest BCUT2D eigenvalue weighted by molar-refractivity contribution is 0.00578. The maximum absolute atomic E-state index is 6.04. The van der Waals surface area contributed by atoms with E-state index in [1.54, 1.807) is 0 Å². The van der Waals surface area contributed by atoms with E-state index in [1.165, 1.54) is 0 Å². The van der Waals surface area contributed by atoms with Gasteiger partial charge in [-0.15, -0.1) is 0 Å². The van der Waals surface area contributed by atoms with Crippen molar-refractivity contribution >= 4 is 50.7 Å². The Morgan fingerprint density at radius 3 is 1.97 bits per heavy atom. The highest BCUT2D eigenvalue weighted by Gasteiger charge is 2.51. The molecule has 0 bridgehead atoms. The van der Waals surface area contributed by atoms with Crippen LogP contribution < -0.4 is 5.46 Å². The zero-order valence-electron chi connectivity index (χ0n) is 20.3. The normalized spacial score (nSPS) is 16.8. The van der Waals surface area contributed by atoms with Crippen molar-refractivity contribution in [3.63, 3.8) is 0 Å². The van der Waals surface area contributed by atoms with Gasteiger partial charge in [0, 0.05) is 10.0 Å². The Bertz CT molecular complexity index is 1030. The summed E-state index contributed by atoms with van der Waals surface area (Å²) in [4.78, 5) is 0. The largest absolute Gasteiger partial charge is 0.494 e. The van der Waals surface area contributed by atoms with E-state index in [4.69, 9.17) is 9.31 Å². The van der Waals surface area contributed by atoms with E-state index in [-0.39, 0.29) is 18.3 Å². The molecule has 1 heterocycles. The number of benzene rings is 2. The highest BCUT2D eigenvalue weighted by molar-refractivity contribution is 9.10. The van der Waals surface area contributed by atoms with Gasteiger partial charge in [0.05, 0.1) is 11.2 Å². The lowest BCUT2D eigenvalue weighted by Gasteiger charge is -2.32. The van der Waals surface area contributed by atoms with Crippen LogP contribution in [0.15, 0.2) is 60.1 Å².